The normalized spacial score (nSPS) is 13.4. The van der Waals surface area contributed by atoms with Gasteiger partial charge in [0.15, 0.2) is 5.11 Å². The first kappa shape index (κ1) is 25.6. The largest absolute Gasteiger partial charge is 0.366 e. The predicted molar refractivity (Wildman–Crippen MR) is 151 cm³/mol. The Bertz CT molecular complexity index is 1550. The van der Waals surface area contributed by atoms with Crippen molar-refractivity contribution in [2.24, 2.45) is 0 Å². The van der Waals surface area contributed by atoms with Crippen LogP contribution >= 0.6 is 23.8 Å². The van der Waals surface area contributed by atoms with E-state index in [0.717, 1.165) is 43.6 Å². The molecule has 0 aliphatic carbocycles. The molecule has 1 fully saturated rings. The predicted octanol–water partition coefficient (Wildman–Crippen LogP) is 5.41. The third kappa shape index (κ3) is 5.43. The molecule has 2 heterocycles. The number of benzene rings is 3. The number of hydrogen-bond donors (Lipinski definition) is 2. The van der Waals surface area contributed by atoms with Gasteiger partial charge in [0.05, 0.1) is 10.6 Å². The Morgan fingerprint density at radius 3 is 2.39 bits per heavy atom. The molecule has 10 nitrogen and oxygen atoms in total. The van der Waals surface area contributed by atoms with Crippen molar-refractivity contribution >= 4 is 62.9 Å². The summed E-state index contributed by atoms with van der Waals surface area (Å²) in [6, 6.07) is 15.3. The number of carbonyl (C=O) groups is 1. The summed E-state index contributed by atoms with van der Waals surface area (Å²) >= 11 is 11.3. The van der Waals surface area contributed by atoms with E-state index in [1.165, 1.54) is 10.9 Å². The minimum absolute atomic E-state index is 0.0605. The summed E-state index contributed by atoms with van der Waals surface area (Å²) in [5, 5.41) is 27.1. The van der Waals surface area contributed by atoms with Crippen LogP contribution in [-0.2, 0) is 0 Å². The number of hydrogen-bond acceptors (Lipinski definition) is 7. The fraction of sp³-hybridized carbons (Fsp3) is 0.231. The van der Waals surface area contributed by atoms with Crippen molar-refractivity contribution in [3.05, 3.63) is 80.9 Å². The van der Waals surface area contributed by atoms with Crippen LogP contribution in [0.25, 0.3) is 16.7 Å². The molecule has 194 valence electrons. The topological polar surface area (TPSA) is 118 Å². The first-order valence-corrected chi connectivity index (χ1v) is 12.9. The molecule has 38 heavy (non-hydrogen) atoms. The maximum atomic E-state index is 12.9. The average molecular weight is 550 g/mol. The molecule has 0 saturated carbocycles. The first-order chi connectivity index (χ1) is 18.3. The molecular weight excluding hydrogens is 526 g/mol. The van der Waals surface area contributed by atoms with Crippen LogP contribution in [0.2, 0.25) is 5.02 Å². The van der Waals surface area contributed by atoms with Gasteiger partial charge in [-0.2, -0.15) is 4.80 Å². The van der Waals surface area contributed by atoms with Crippen molar-refractivity contribution in [3.8, 4) is 5.69 Å². The highest BCUT2D eigenvalue weighted by atomic mass is 35.5. The smallest absolute Gasteiger partial charge is 0.293 e. The Labute approximate surface area is 228 Å². The van der Waals surface area contributed by atoms with Crippen molar-refractivity contribution in [1.29, 1.82) is 0 Å². The third-order valence-electron chi connectivity index (χ3n) is 6.39. The van der Waals surface area contributed by atoms with Crippen molar-refractivity contribution in [3.63, 3.8) is 0 Å². The van der Waals surface area contributed by atoms with Gasteiger partial charge in [0.2, 0.25) is 0 Å². The Balaban J connectivity index is 1.31. The number of nitrogens with one attached hydrogen (secondary N) is 2. The van der Waals surface area contributed by atoms with Crippen molar-refractivity contribution < 1.29 is 9.72 Å². The summed E-state index contributed by atoms with van der Waals surface area (Å²) in [5.41, 5.74) is 4.17. The van der Waals surface area contributed by atoms with Gasteiger partial charge in [0, 0.05) is 35.4 Å². The molecule has 0 spiro atoms. The number of nitro benzene ring substituents is 1. The van der Waals surface area contributed by atoms with E-state index in [9.17, 15) is 14.9 Å². The number of anilines is 2. The van der Waals surface area contributed by atoms with Crippen LogP contribution in [0.1, 0.15) is 35.2 Å². The van der Waals surface area contributed by atoms with E-state index in [2.05, 4.69) is 20.8 Å². The van der Waals surface area contributed by atoms with Gasteiger partial charge in [0.25, 0.3) is 11.6 Å². The summed E-state index contributed by atoms with van der Waals surface area (Å²) in [6.07, 6.45) is 3.09. The van der Waals surface area contributed by atoms with Gasteiger partial charge in [-0.25, -0.2) is 0 Å². The fourth-order valence-corrected chi connectivity index (χ4v) is 4.76. The second-order valence-corrected chi connectivity index (χ2v) is 9.88. The zero-order valence-corrected chi connectivity index (χ0v) is 22.1. The van der Waals surface area contributed by atoms with E-state index in [1.807, 2.05) is 30.0 Å². The van der Waals surface area contributed by atoms with Gasteiger partial charge in [-0.05, 0) is 92.5 Å². The lowest BCUT2D eigenvalue weighted by Gasteiger charge is -2.28. The number of halogens is 1. The molecule has 0 atom stereocenters. The zero-order valence-electron chi connectivity index (χ0n) is 20.5. The Morgan fingerprint density at radius 1 is 1.03 bits per heavy atom. The number of thiocarbonyl (C=S) groups is 1. The van der Waals surface area contributed by atoms with Gasteiger partial charge in [0.1, 0.15) is 16.7 Å². The van der Waals surface area contributed by atoms with Crippen molar-refractivity contribution in [1.82, 2.24) is 20.3 Å². The molecule has 12 heteroatoms. The monoisotopic (exact) mass is 549 g/mol. The lowest BCUT2D eigenvalue weighted by molar-refractivity contribution is -0.384. The number of piperidine rings is 1. The number of nitrogens with zero attached hydrogens (tertiary/aromatic N) is 5. The van der Waals surface area contributed by atoms with Gasteiger partial charge in [-0.3, -0.25) is 20.2 Å². The van der Waals surface area contributed by atoms with Crippen LogP contribution in [-0.4, -0.2) is 44.0 Å². The molecule has 4 aromatic rings. The SMILES string of the molecule is Cc1cc2nn(-c3ccc(Cl)cc3)nc2cc1NC(=S)NC(=O)c1ccc(N2CCCCC2)c([N+](=O)[O-])c1. The van der Waals surface area contributed by atoms with Crippen LogP contribution in [0.3, 0.4) is 0 Å². The quantitative estimate of drug-likeness (QED) is 0.193. The minimum atomic E-state index is -0.539. The van der Waals surface area contributed by atoms with Crippen LogP contribution in [0.4, 0.5) is 17.1 Å². The van der Waals surface area contributed by atoms with Crippen LogP contribution < -0.4 is 15.5 Å². The average Bonchev–Trinajstić information content (AvgIpc) is 3.32. The minimum Gasteiger partial charge on any atom is -0.366 e. The van der Waals surface area contributed by atoms with E-state index in [0.29, 0.717) is 27.4 Å². The first-order valence-electron chi connectivity index (χ1n) is 12.1. The number of aryl methyl sites for hydroxylation is 1. The number of amides is 1. The van der Waals surface area contributed by atoms with Crippen LogP contribution in [0.5, 0.6) is 0 Å². The molecule has 1 saturated heterocycles. The summed E-state index contributed by atoms with van der Waals surface area (Å²) in [5.74, 6) is -0.539. The second-order valence-electron chi connectivity index (χ2n) is 9.04. The number of fused-ring (bicyclic) bond motifs is 1. The molecule has 1 aromatic heterocycles. The third-order valence-corrected chi connectivity index (χ3v) is 6.85. The molecule has 0 radical (unpaired) electrons. The Hall–Kier alpha value is -4.09. The number of aromatic nitrogens is 3. The highest BCUT2D eigenvalue weighted by Gasteiger charge is 2.23. The fourth-order valence-electron chi connectivity index (χ4n) is 4.43. The van der Waals surface area contributed by atoms with Crippen LogP contribution in [0, 0.1) is 17.0 Å². The van der Waals surface area contributed by atoms with Gasteiger partial charge in [-0.1, -0.05) is 11.6 Å². The lowest BCUT2D eigenvalue weighted by Crippen LogP contribution is -2.34. The Morgan fingerprint density at radius 2 is 1.71 bits per heavy atom. The van der Waals surface area contributed by atoms with E-state index >= 15 is 0 Å². The summed E-state index contributed by atoms with van der Waals surface area (Å²) in [6.45, 7) is 3.41. The number of rotatable bonds is 5. The molecular formula is C26H24ClN7O3S. The standard InChI is InChI=1S/C26H24ClN7O3S/c1-16-13-21-22(31-33(30-21)19-8-6-18(27)7-9-19)15-20(16)28-26(38)29-25(35)17-5-10-23(24(14-17)34(36)37)32-11-3-2-4-12-32/h5-10,13-15H,2-4,11-12H2,1H3,(H2,28,29,35,38). The maximum Gasteiger partial charge on any atom is 0.293 e. The number of nitro groups is 1. The van der Waals surface area contributed by atoms with Gasteiger partial charge in [-0.15, -0.1) is 10.2 Å². The zero-order chi connectivity index (χ0) is 26.8. The molecule has 1 aliphatic rings. The summed E-state index contributed by atoms with van der Waals surface area (Å²) in [4.78, 5) is 27.7. The lowest BCUT2D eigenvalue weighted by atomic mass is 10.1. The molecule has 1 amide bonds. The molecule has 0 unspecified atom stereocenters. The summed E-state index contributed by atoms with van der Waals surface area (Å²) in [7, 11) is 0. The van der Waals surface area contributed by atoms with Crippen molar-refractivity contribution in [2.45, 2.75) is 26.2 Å². The van der Waals surface area contributed by atoms with Gasteiger partial charge >= 0.3 is 0 Å². The second kappa shape index (κ2) is 10.7. The maximum absolute atomic E-state index is 12.9. The van der Waals surface area contributed by atoms with E-state index in [-0.39, 0.29) is 16.4 Å². The molecule has 5 rings (SSSR count). The molecule has 2 N–H and O–H groups in total. The van der Waals surface area contributed by atoms with E-state index in [4.69, 9.17) is 23.8 Å². The Kier molecular flexibility index (Phi) is 7.21. The highest BCUT2D eigenvalue weighted by molar-refractivity contribution is 7.80. The number of carbonyl (C=O) groups excluding carboxylic acids is 1. The van der Waals surface area contributed by atoms with E-state index in [1.54, 1.807) is 30.3 Å². The van der Waals surface area contributed by atoms with Crippen molar-refractivity contribution in [2.75, 3.05) is 23.3 Å². The van der Waals surface area contributed by atoms with Gasteiger partial charge < -0.3 is 10.2 Å². The summed E-state index contributed by atoms with van der Waals surface area (Å²) < 4.78 is 0. The van der Waals surface area contributed by atoms with E-state index < -0.39 is 10.8 Å². The molecule has 1 aliphatic heterocycles. The molecule has 3 aromatic carbocycles. The van der Waals surface area contributed by atoms with Crippen LogP contribution in [0.15, 0.2) is 54.6 Å². The highest BCUT2D eigenvalue weighted by Crippen LogP contribution is 2.31. The molecule has 0 bridgehead atoms.